The Morgan fingerprint density at radius 2 is 2.21 bits per heavy atom. The lowest BCUT2D eigenvalue weighted by molar-refractivity contribution is 0.0755. The van der Waals surface area contributed by atoms with Gasteiger partial charge in [0.25, 0.3) is 5.91 Å². The minimum atomic E-state index is -0.454. The molecule has 0 saturated heterocycles. The fourth-order valence-corrected chi connectivity index (χ4v) is 2.52. The van der Waals surface area contributed by atoms with E-state index in [0.717, 1.165) is 4.88 Å². The molecule has 0 atom stereocenters. The van der Waals surface area contributed by atoms with Crippen molar-refractivity contribution in [2.24, 2.45) is 0 Å². The molecule has 0 saturated carbocycles. The molecule has 100 valence electrons. The van der Waals surface area contributed by atoms with E-state index >= 15 is 0 Å². The van der Waals surface area contributed by atoms with E-state index in [9.17, 15) is 9.18 Å². The van der Waals surface area contributed by atoms with Crippen molar-refractivity contribution in [3.8, 4) is 0 Å². The second-order valence-corrected chi connectivity index (χ2v) is 5.16. The molecule has 1 aromatic carbocycles. The van der Waals surface area contributed by atoms with Gasteiger partial charge in [0.05, 0.1) is 12.1 Å². The predicted molar refractivity (Wildman–Crippen MR) is 75.5 cm³/mol. The molecule has 2 aromatic rings. The molecule has 3 nitrogen and oxygen atoms in total. The number of anilines is 1. The molecular formula is C14H15FN2OS. The van der Waals surface area contributed by atoms with E-state index < -0.39 is 5.82 Å². The SMILES string of the molecule is CCN(Cc1cccs1)C(=O)c1cc(F)ccc1N. The molecule has 1 aromatic heterocycles. The van der Waals surface area contributed by atoms with Gasteiger partial charge in [0.1, 0.15) is 5.82 Å². The van der Waals surface area contributed by atoms with Gasteiger partial charge in [-0.25, -0.2) is 4.39 Å². The molecule has 0 aliphatic rings. The monoisotopic (exact) mass is 278 g/mol. The van der Waals surface area contributed by atoms with Crippen molar-refractivity contribution in [3.63, 3.8) is 0 Å². The summed E-state index contributed by atoms with van der Waals surface area (Å²) in [5.41, 5.74) is 6.27. The number of rotatable bonds is 4. The van der Waals surface area contributed by atoms with E-state index in [1.807, 2.05) is 24.4 Å². The highest BCUT2D eigenvalue weighted by Crippen LogP contribution is 2.18. The van der Waals surface area contributed by atoms with Crippen LogP contribution in [0.5, 0.6) is 0 Å². The number of hydrogen-bond donors (Lipinski definition) is 1. The fraction of sp³-hybridized carbons (Fsp3) is 0.214. The second-order valence-electron chi connectivity index (χ2n) is 4.13. The highest BCUT2D eigenvalue weighted by molar-refractivity contribution is 7.09. The van der Waals surface area contributed by atoms with Crippen LogP contribution >= 0.6 is 11.3 Å². The van der Waals surface area contributed by atoms with Crippen molar-refractivity contribution in [1.82, 2.24) is 4.90 Å². The summed E-state index contributed by atoms with van der Waals surface area (Å²) in [6.45, 7) is 2.95. The Morgan fingerprint density at radius 3 is 2.84 bits per heavy atom. The minimum Gasteiger partial charge on any atom is -0.398 e. The van der Waals surface area contributed by atoms with Crippen LogP contribution < -0.4 is 5.73 Å². The summed E-state index contributed by atoms with van der Waals surface area (Å²) >= 11 is 1.59. The zero-order valence-electron chi connectivity index (χ0n) is 10.6. The van der Waals surface area contributed by atoms with Crippen LogP contribution in [0.15, 0.2) is 35.7 Å². The third-order valence-electron chi connectivity index (χ3n) is 2.84. The number of carbonyl (C=O) groups is 1. The third kappa shape index (κ3) is 3.12. The summed E-state index contributed by atoms with van der Waals surface area (Å²) in [5.74, 6) is -0.697. The topological polar surface area (TPSA) is 46.3 Å². The van der Waals surface area contributed by atoms with Crippen LogP contribution in [0, 0.1) is 5.82 Å². The Bertz CT molecular complexity index is 569. The molecule has 2 N–H and O–H groups in total. The molecular weight excluding hydrogens is 263 g/mol. The van der Waals surface area contributed by atoms with Crippen LogP contribution in [-0.4, -0.2) is 17.4 Å². The van der Waals surface area contributed by atoms with Gasteiger partial charge in [-0.1, -0.05) is 6.07 Å². The van der Waals surface area contributed by atoms with Crippen molar-refractivity contribution < 1.29 is 9.18 Å². The Labute approximate surface area is 115 Å². The Morgan fingerprint density at radius 1 is 1.42 bits per heavy atom. The van der Waals surface area contributed by atoms with Gasteiger partial charge in [-0.2, -0.15) is 0 Å². The van der Waals surface area contributed by atoms with Crippen molar-refractivity contribution in [2.45, 2.75) is 13.5 Å². The van der Waals surface area contributed by atoms with Crippen LogP contribution in [0.4, 0.5) is 10.1 Å². The van der Waals surface area contributed by atoms with E-state index in [-0.39, 0.29) is 11.5 Å². The van der Waals surface area contributed by atoms with Crippen LogP contribution in [-0.2, 0) is 6.54 Å². The molecule has 0 aliphatic heterocycles. The van der Waals surface area contributed by atoms with Gasteiger partial charge in [-0.3, -0.25) is 4.79 Å². The predicted octanol–water partition coefficient (Wildman–Crippen LogP) is 3.13. The first kappa shape index (κ1) is 13.5. The van der Waals surface area contributed by atoms with Crippen molar-refractivity contribution >= 4 is 22.9 Å². The number of thiophene rings is 1. The summed E-state index contributed by atoms with van der Waals surface area (Å²) in [5, 5.41) is 1.96. The van der Waals surface area contributed by atoms with Crippen LogP contribution in [0.25, 0.3) is 0 Å². The lowest BCUT2D eigenvalue weighted by atomic mass is 10.1. The zero-order chi connectivity index (χ0) is 13.8. The van der Waals surface area contributed by atoms with Gasteiger partial charge in [0, 0.05) is 17.1 Å². The van der Waals surface area contributed by atoms with Gasteiger partial charge in [0.2, 0.25) is 0 Å². The quantitative estimate of drug-likeness (QED) is 0.873. The molecule has 5 heteroatoms. The number of hydrogen-bond acceptors (Lipinski definition) is 3. The molecule has 0 spiro atoms. The standard InChI is InChI=1S/C14H15FN2OS/c1-2-17(9-11-4-3-7-19-11)14(18)12-8-10(15)5-6-13(12)16/h3-8H,2,9,16H2,1H3. The highest BCUT2D eigenvalue weighted by Gasteiger charge is 2.18. The van der Waals surface area contributed by atoms with E-state index in [4.69, 9.17) is 5.73 Å². The zero-order valence-corrected chi connectivity index (χ0v) is 11.4. The molecule has 1 amide bonds. The summed E-state index contributed by atoms with van der Waals surface area (Å²) in [6, 6.07) is 7.77. The second kappa shape index (κ2) is 5.84. The molecule has 0 bridgehead atoms. The molecule has 2 rings (SSSR count). The van der Waals surface area contributed by atoms with Crippen LogP contribution in [0.3, 0.4) is 0 Å². The number of carbonyl (C=O) groups excluding carboxylic acids is 1. The lowest BCUT2D eigenvalue weighted by Gasteiger charge is -2.21. The summed E-state index contributed by atoms with van der Waals surface area (Å²) in [7, 11) is 0. The first-order chi connectivity index (χ1) is 9.11. The molecule has 0 fully saturated rings. The Balaban J connectivity index is 2.23. The van der Waals surface area contributed by atoms with E-state index in [2.05, 4.69) is 0 Å². The number of amides is 1. The number of halogens is 1. The Hall–Kier alpha value is -1.88. The van der Waals surface area contributed by atoms with Crippen LogP contribution in [0.2, 0.25) is 0 Å². The first-order valence-corrected chi connectivity index (χ1v) is 6.86. The maximum atomic E-state index is 13.2. The maximum absolute atomic E-state index is 13.2. The van der Waals surface area contributed by atoms with Crippen molar-refractivity contribution in [1.29, 1.82) is 0 Å². The largest absolute Gasteiger partial charge is 0.398 e. The van der Waals surface area contributed by atoms with Gasteiger partial charge in [-0.15, -0.1) is 11.3 Å². The molecule has 19 heavy (non-hydrogen) atoms. The Kier molecular flexibility index (Phi) is 4.16. The lowest BCUT2D eigenvalue weighted by Crippen LogP contribution is -2.30. The smallest absolute Gasteiger partial charge is 0.256 e. The average molecular weight is 278 g/mol. The number of nitrogen functional groups attached to an aromatic ring is 1. The first-order valence-electron chi connectivity index (χ1n) is 5.98. The van der Waals surface area contributed by atoms with Crippen LogP contribution in [0.1, 0.15) is 22.2 Å². The summed E-state index contributed by atoms with van der Waals surface area (Å²) in [6.07, 6.45) is 0. The fourth-order valence-electron chi connectivity index (χ4n) is 1.80. The normalized spacial score (nSPS) is 10.4. The third-order valence-corrected chi connectivity index (χ3v) is 3.70. The van der Waals surface area contributed by atoms with E-state index in [1.165, 1.54) is 18.2 Å². The van der Waals surface area contributed by atoms with Gasteiger partial charge >= 0.3 is 0 Å². The summed E-state index contributed by atoms with van der Waals surface area (Å²) in [4.78, 5) is 15.1. The van der Waals surface area contributed by atoms with E-state index in [0.29, 0.717) is 18.8 Å². The average Bonchev–Trinajstić information content (AvgIpc) is 2.91. The van der Waals surface area contributed by atoms with Gasteiger partial charge in [0.15, 0.2) is 0 Å². The molecule has 1 heterocycles. The maximum Gasteiger partial charge on any atom is 0.256 e. The number of benzene rings is 1. The van der Waals surface area contributed by atoms with Crippen molar-refractivity contribution in [3.05, 3.63) is 52.0 Å². The summed E-state index contributed by atoms with van der Waals surface area (Å²) < 4.78 is 13.2. The van der Waals surface area contributed by atoms with Gasteiger partial charge in [-0.05, 0) is 36.6 Å². The molecule has 0 aliphatic carbocycles. The highest BCUT2D eigenvalue weighted by atomic mass is 32.1. The number of nitrogens with two attached hydrogens (primary N) is 1. The van der Waals surface area contributed by atoms with Crippen molar-refractivity contribution in [2.75, 3.05) is 12.3 Å². The number of nitrogens with zero attached hydrogens (tertiary/aromatic N) is 1. The molecule has 0 radical (unpaired) electrons. The minimum absolute atomic E-state index is 0.221. The molecule has 0 unspecified atom stereocenters. The van der Waals surface area contributed by atoms with Gasteiger partial charge < -0.3 is 10.6 Å². The van der Waals surface area contributed by atoms with E-state index in [1.54, 1.807) is 16.2 Å².